The minimum Gasteiger partial charge on any atom is -0.481 e. The van der Waals surface area contributed by atoms with E-state index < -0.39 is 18.2 Å². The van der Waals surface area contributed by atoms with Crippen LogP contribution in [0.15, 0.2) is 36.5 Å². The van der Waals surface area contributed by atoms with E-state index >= 15 is 0 Å². The number of aliphatic carboxylic acids is 1. The number of carboxylic acids is 1. The number of hydrogen-bond donors (Lipinski definition) is 3. The zero-order valence-electron chi connectivity index (χ0n) is 15.4. The topological polar surface area (TPSA) is 77.8 Å². The van der Waals surface area contributed by atoms with Gasteiger partial charge in [-0.3, -0.25) is 4.79 Å². The van der Waals surface area contributed by atoms with Gasteiger partial charge in [-0.25, -0.2) is 0 Å². The number of allylic oxidation sites excluding steroid dienone is 3. The van der Waals surface area contributed by atoms with Crippen LogP contribution in [0.5, 0.6) is 0 Å². The minimum atomic E-state index is -0.765. The molecule has 3 N–H and O–H groups in total. The van der Waals surface area contributed by atoms with Gasteiger partial charge in [0, 0.05) is 12.3 Å². The van der Waals surface area contributed by atoms with Gasteiger partial charge in [-0.1, -0.05) is 62.6 Å². The third kappa shape index (κ3) is 8.50. The number of aliphatic hydroxyl groups excluding tert-OH is 2. The van der Waals surface area contributed by atoms with Crippen molar-refractivity contribution in [1.82, 2.24) is 0 Å². The van der Waals surface area contributed by atoms with Crippen LogP contribution in [0.1, 0.15) is 64.7 Å². The predicted molar refractivity (Wildman–Crippen MR) is 101 cm³/mol. The van der Waals surface area contributed by atoms with Crippen LogP contribution < -0.4 is 0 Å². The highest BCUT2D eigenvalue weighted by Gasteiger charge is 2.35. The number of aliphatic hydroxyl groups is 2. The van der Waals surface area contributed by atoms with Crippen LogP contribution in [0.3, 0.4) is 0 Å². The Labute approximate surface area is 152 Å². The summed E-state index contributed by atoms with van der Waals surface area (Å²) in [6.07, 6.45) is 14.1. The Morgan fingerprint density at radius 3 is 2.76 bits per heavy atom. The molecule has 142 valence electrons. The molecule has 4 atom stereocenters. The van der Waals surface area contributed by atoms with Crippen LogP contribution >= 0.6 is 0 Å². The van der Waals surface area contributed by atoms with Crippen LogP contribution in [-0.2, 0) is 4.79 Å². The van der Waals surface area contributed by atoms with Gasteiger partial charge >= 0.3 is 5.97 Å². The zero-order chi connectivity index (χ0) is 18.7. The van der Waals surface area contributed by atoms with Gasteiger partial charge in [-0.2, -0.15) is 0 Å². The number of hydrogen-bond acceptors (Lipinski definition) is 3. The average Bonchev–Trinajstić information content (AvgIpc) is 2.82. The molecule has 0 heterocycles. The average molecular weight is 350 g/mol. The second kappa shape index (κ2) is 12.0. The summed E-state index contributed by atoms with van der Waals surface area (Å²) in [5, 5.41) is 28.9. The van der Waals surface area contributed by atoms with Crippen LogP contribution in [0.2, 0.25) is 0 Å². The molecule has 0 aromatic rings. The van der Waals surface area contributed by atoms with Crippen molar-refractivity contribution in [3.63, 3.8) is 0 Å². The lowest BCUT2D eigenvalue weighted by Crippen LogP contribution is -2.18. The number of rotatable bonds is 12. The Balaban J connectivity index is 2.48. The van der Waals surface area contributed by atoms with Gasteiger partial charge in [0.05, 0.1) is 12.2 Å². The lowest BCUT2D eigenvalue weighted by Gasteiger charge is -2.18. The summed E-state index contributed by atoms with van der Waals surface area (Å²) >= 11 is 0. The third-order valence-corrected chi connectivity index (χ3v) is 4.88. The zero-order valence-corrected chi connectivity index (χ0v) is 15.4. The first-order chi connectivity index (χ1) is 12.0. The predicted octanol–water partition coefficient (Wildman–Crippen LogP) is 4.24. The van der Waals surface area contributed by atoms with Crippen molar-refractivity contribution in [3.05, 3.63) is 36.5 Å². The Hall–Kier alpha value is -1.39. The number of carbonyl (C=O) groups is 1. The molecule has 0 radical (unpaired) electrons. The van der Waals surface area contributed by atoms with Crippen LogP contribution in [0.25, 0.3) is 0 Å². The molecule has 1 rings (SSSR count). The first-order valence-electron chi connectivity index (χ1n) is 9.54. The maximum absolute atomic E-state index is 10.5. The first kappa shape index (κ1) is 21.7. The van der Waals surface area contributed by atoms with Crippen molar-refractivity contribution in [2.45, 2.75) is 76.9 Å². The van der Waals surface area contributed by atoms with Crippen molar-refractivity contribution < 1.29 is 20.1 Å². The van der Waals surface area contributed by atoms with Gasteiger partial charge < -0.3 is 15.3 Å². The molecular weight excluding hydrogens is 316 g/mol. The normalized spacial score (nSPS) is 25.2. The molecule has 4 unspecified atom stereocenters. The smallest absolute Gasteiger partial charge is 0.303 e. The first-order valence-corrected chi connectivity index (χ1v) is 9.54. The fourth-order valence-electron chi connectivity index (χ4n) is 3.37. The van der Waals surface area contributed by atoms with Crippen molar-refractivity contribution >= 4 is 5.97 Å². The van der Waals surface area contributed by atoms with Crippen molar-refractivity contribution in [2.75, 3.05) is 0 Å². The van der Waals surface area contributed by atoms with E-state index in [9.17, 15) is 15.0 Å². The molecule has 1 aliphatic rings. The van der Waals surface area contributed by atoms with E-state index in [2.05, 4.69) is 13.5 Å². The van der Waals surface area contributed by atoms with E-state index in [1.807, 2.05) is 24.3 Å². The SMILES string of the molecule is C=C1CC(O)C(CC=CCCCC(=O)O)C1C=CC(O)CCCCC. The standard InChI is InChI=1S/C21H34O4/c1-3-4-7-10-17(22)13-14-18-16(2)15-20(23)19(18)11-8-5-6-9-12-21(24)25/h5,8,13-14,17-20,22-23H,2-4,6-7,9-12,15H2,1H3,(H,24,25). The second-order valence-electron chi connectivity index (χ2n) is 7.06. The molecule has 25 heavy (non-hydrogen) atoms. The lowest BCUT2D eigenvalue weighted by atomic mass is 9.89. The fourth-order valence-corrected chi connectivity index (χ4v) is 3.37. The molecule has 1 aliphatic carbocycles. The quantitative estimate of drug-likeness (QED) is 0.363. The molecule has 1 saturated carbocycles. The lowest BCUT2D eigenvalue weighted by molar-refractivity contribution is -0.137. The summed E-state index contributed by atoms with van der Waals surface area (Å²) in [6, 6.07) is 0. The molecule has 0 aromatic carbocycles. The Kier molecular flexibility index (Phi) is 10.4. The summed E-state index contributed by atoms with van der Waals surface area (Å²) in [4.78, 5) is 10.5. The van der Waals surface area contributed by atoms with Gasteiger partial charge in [0.15, 0.2) is 0 Å². The van der Waals surface area contributed by atoms with Gasteiger partial charge in [-0.15, -0.1) is 0 Å². The van der Waals surface area contributed by atoms with Gasteiger partial charge in [0.25, 0.3) is 0 Å². The van der Waals surface area contributed by atoms with Crippen LogP contribution in [0.4, 0.5) is 0 Å². The van der Waals surface area contributed by atoms with E-state index in [0.29, 0.717) is 12.8 Å². The van der Waals surface area contributed by atoms with Crippen molar-refractivity contribution in [2.24, 2.45) is 11.8 Å². The molecule has 1 fully saturated rings. The number of unbranched alkanes of at least 4 members (excludes halogenated alkanes) is 3. The van der Waals surface area contributed by atoms with E-state index in [1.54, 1.807) is 0 Å². The molecule has 0 aromatic heterocycles. The monoisotopic (exact) mass is 350 g/mol. The number of carboxylic acid groups (broad SMARTS) is 1. The van der Waals surface area contributed by atoms with Gasteiger partial charge in [0.2, 0.25) is 0 Å². The van der Waals surface area contributed by atoms with Crippen LogP contribution in [0, 0.1) is 11.8 Å². The van der Waals surface area contributed by atoms with Crippen LogP contribution in [-0.4, -0.2) is 33.5 Å². The highest BCUT2D eigenvalue weighted by Crippen LogP contribution is 2.39. The van der Waals surface area contributed by atoms with E-state index in [0.717, 1.165) is 44.1 Å². The van der Waals surface area contributed by atoms with Gasteiger partial charge in [0.1, 0.15) is 0 Å². The molecule has 0 amide bonds. The molecule has 4 nitrogen and oxygen atoms in total. The summed E-state index contributed by atoms with van der Waals surface area (Å²) in [7, 11) is 0. The summed E-state index contributed by atoms with van der Waals surface area (Å²) < 4.78 is 0. The van der Waals surface area contributed by atoms with E-state index in [1.165, 1.54) is 0 Å². The third-order valence-electron chi connectivity index (χ3n) is 4.88. The summed E-state index contributed by atoms with van der Waals surface area (Å²) in [5.41, 5.74) is 1.02. The summed E-state index contributed by atoms with van der Waals surface area (Å²) in [6.45, 7) is 6.23. The Bertz CT molecular complexity index is 467. The van der Waals surface area contributed by atoms with Crippen molar-refractivity contribution in [1.29, 1.82) is 0 Å². The largest absolute Gasteiger partial charge is 0.481 e. The molecule has 0 spiro atoms. The maximum Gasteiger partial charge on any atom is 0.303 e. The molecular formula is C21H34O4. The fraction of sp³-hybridized carbons (Fsp3) is 0.667. The Morgan fingerprint density at radius 1 is 1.32 bits per heavy atom. The highest BCUT2D eigenvalue weighted by molar-refractivity contribution is 5.66. The highest BCUT2D eigenvalue weighted by atomic mass is 16.4. The van der Waals surface area contributed by atoms with Gasteiger partial charge in [-0.05, 0) is 38.0 Å². The van der Waals surface area contributed by atoms with E-state index in [-0.39, 0.29) is 18.3 Å². The molecule has 4 heteroatoms. The molecule has 0 bridgehead atoms. The second-order valence-corrected chi connectivity index (χ2v) is 7.06. The minimum absolute atomic E-state index is 0.0855. The van der Waals surface area contributed by atoms with Crippen molar-refractivity contribution in [3.8, 4) is 0 Å². The van der Waals surface area contributed by atoms with E-state index in [4.69, 9.17) is 5.11 Å². The Morgan fingerprint density at radius 2 is 2.08 bits per heavy atom. The molecule has 0 aliphatic heterocycles. The maximum atomic E-state index is 10.5. The molecule has 0 saturated heterocycles. The summed E-state index contributed by atoms with van der Waals surface area (Å²) in [5.74, 6) is -0.583.